The highest BCUT2D eigenvalue weighted by Crippen LogP contribution is 2.42. The minimum Gasteiger partial charge on any atom is -0.293 e. The molecule has 228 valence electrons. The fraction of sp³-hybridized carbons (Fsp3) is 0.209. The molecule has 0 radical (unpaired) electrons. The molecule has 0 fully saturated rings. The molecule has 2 heteroatoms. The van der Waals surface area contributed by atoms with Crippen molar-refractivity contribution in [2.75, 3.05) is 6.54 Å². The van der Waals surface area contributed by atoms with Crippen molar-refractivity contribution in [1.29, 1.82) is 0 Å². The van der Waals surface area contributed by atoms with Gasteiger partial charge < -0.3 is 0 Å². The Balaban J connectivity index is 1.54. The summed E-state index contributed by atoms with van der Waals surface area (Å²) in [5.41, 5.74) is 5.09. The van der Waals surface area contributed by atoms with Crippen LogP contribution in [0.2, 0.25) is 0 Å². The van der Waals surface area contributed by atoms with Gasteiger partial charge in [0.15, 0.2) is 0 Å². The zero-order valence-electron chi connectivity index (χ0n) is 26.7. The number of aliphatic imine (C=N–C) groups is 2. The molecule has 0 N–H and O–H groups in total. The largest absolute Gasteiger partial charge is 0.293 e. The summed E-state index contributed by atoms with van der Waals surface area (Å²) < 4.78 is 0. The number of allylic oxidation sites excluding steroid dienone is 14. The van der Waals surface area contributed by atoms with Crippen LogP contribution in [0.15, 0.2) is 162 Å². The Morgan fingerprint density at radius 1 is 0.889 bits per heavy atom. The highest BCUT2D eigenvalue weighted by molar-refractivity contribution is 6.13. The van der Waals surface area contributed by atoms with E-state index in [1.807, 2.05) is 42.9 Å². The molecule has 0 amide bonds. The molecule has 0 bridgehead atoms. The summed E-state index contributed by atoms with van der Waals surface area (Å²) >= 11 is 0. The fourth-order valence-electron chi connectivity index (χ4n) is 5.63. The first-order valence-electron chi connectivity index (χ1n) is 16.2. The van der Waals surface area contributed by atoms with E-state index in [1.165, 1.54) is 38.2 Å². The van der Waals surface area contributed by atoms with E-state index in [4.69, 9.17) is 0 Å². The zero-order valence-corrected chi connectivity index (χ0v) is 26.7. The fourth-order valence-corrected chi connectivity index (χ4v) is 5.63. The number of hydrogen-bond acceptors (Lipinski definition) is 2. The van der Waals surface area contributed by atoms with E-state index < -0.39 is 0 Å². The summed E-state index contributed by atoms with van der Waals surface area (Å²) in [7, 11) is 0. The van der Waals surface area contributed by atoms with Gasteiger partial charge in [-0.1, -0.05) is 135 Å². The minimum absolute atomic E-state index is 0.370. The maximum absolute atomic E-state index is 4.56. The Bertz CT molecular complexity index is 1660. The molecule has 45 heavy (non-hydrogen) atoms. The molecule has 3 aromatic carbocycles. The molecule has 1 atom stereocenters. The van der Waals surface area contributed by atoms with Gasteiger partial charge in [0, 0.05) is 31.1 Å². The molecule has 4 rings (SSSR count). The monoisotopic (exact) mass is 590 g/mol. The lowest BCUT2D eigenvalue weighted by Crippen LogP contribution is -2.01. The van der Waals surface area contributed by atoms with Gasteiger partial charge >= 0.3 is 0 Å². The van der Waals surface area contributed by atoms with Gasteiger partial charge in [0.25, 0.3) is 0 Å². The van der Waals surface area contributed by atoms with Crippen molar-refractivity contribution >= 4 is 39.5 Å². The Hall–Kier alpha value is -4.82. The topological polar surface area (TPSA) is 24.7 Å². The van der Waals surface area contributed by atoms with Crippen molar-refractivity contribution in [1.82, 2.24) is 0 Å². The summed E-state index contributed by atoms with van der Waals surface area (Å²) in [6.45, 7) is 10.7. The smallest absolute Gasteiger partial charge is 0.0423 e. The molecule has 0 spiro atoms. The zero-order chi connectivity index (χ0) is 31.5. The predicted molar refractivity (Wildman–Crippen MR) is 202 cm³/mol. The molecule has 2 nitrogen and oxygen atoms in total. The standard InChI is InChI=1S/C43H46N2/c1-4-7-11-22-36(23-12-8-9-19-32-45-34-30-35(6-3)21-20-33-44-31-5-2)42-38-26-15-17-28-40(38)43(37-24-13-10-14-25-37)41-29-18-16-27-39(41)42/h4,6,8-11,13-18,20,22-24,26-31,33-34,37H,1,3,5,7,12,19,21,25,32H2,2H3/b9-8-,22-11-,33-20-,35-30+,36-23+,44-31?,45-34?. The lowest BCUT2D eigenvalue weighted by Gasteiger charge is -2.22. The van der Waals surface area contributed by atoms with Gasteiger partial charge in [0.05, 0.1) is 0 Å². The number of fused-ring (bicyclic) bond motifs is 2. The van der Waals surface area contributed by atoms with Gasteiger partial charge in [-0.15, -0.1) is 6.58 Å². The number of benzene rings is 3. The number of nitrogens with zero attached hydrogens (tertiary/aromatic N) is 2. The van der Waals surface area contributed by atoms with E-state index in [2.05, 4.69) is 133 Å². The summed E-state index contributed by atoms with van der Waals surface area (Å²) in [6.07, 6.45) is 39.1. The van der Waals surface area contributed by atoms with Crippen LogP contribution in [-0.4, -0.2) is 19.0 Å². The third-order valence-corrected chi connectivity index (χ3v) is 7.77. The van der Waals surface area contributed by atoms with E-state index >= 15 is 0 Å². The quantitative estimate of drug-likeness (QED) is 0.0521. The molecule has 0 saturated carbocycles. The Labute approximate surface area is 270 Å². The highest BCUT2D eigenvalue weighted by Gasteiger charge is 2.20. The summed E-state index contributed by atoms with van der Waals surface area (Å²) in [4.78, 5) is 8.77. The average Bonchev–Trinajstić information content (AvgIpc) is 3.08. The second-order valence-corrected chi connectivity index (χ2v) is 10.9. The van der Waals surface area contributed by atoms with E-state index in [0.717, 1.165) is 50.6 Å². The summed E-state index contributed by atoms with van der Waals surface area (Å²) in [5, 5.41) is 5.28. The van der Waals surface area contributed by atoms with Crippen molar-refractivity contribution in [3.05, 3.63) is 164 Å². The lowest BCUT2D eigenvalue weighted by molar-refractivity contribution is 0.869. The lowest BCUT2D eigenvalue weighted by atomic mass is 9.81. The van der Waals surface area contributed by atoms with Crippen LogP contribution in [0.4, 0.5) is 0 Å². The molecule has 0 aliphatic heterocycles. The third-order valence-electron chi connectivity index (χ3n) is 7.77. The van der Waals surface area contributed by atoms with Crippen LogP contribution in [0, 0.1) is 0 Å². The Kier molecular flexibility index (Phi) is 13.8. The maximum Gasteiger partial charge on any atom is 0.0423 e. The first-order valence-corrected chi connectivity index (χ1v) is 16.2. The van der Waals surface area contributed by atoms with Gasteiger partial charge in [0.1, 0.15) is 0 Å². The first-order chi connectivity index (χ1) is 22.3. The summed E-state index contributed by atoms with van der Waals surface area (Å²) in [6, 6.07) is 17.8. The normalized spacial score (nSPS) is 16.2. The van der Waals surface area contributed by atoms with E-state index in [9.17, 15) is 0 Å². The SMILES string of the molecule is C=CC/C=C\C(=C/C/C=C\CCN=C/C=C(\C=C)C/C=C\N=CCC)c1c2ccccc2c(C2C=CC=CC2)c2ccccc12. The summed E-state index contributed by atoms with van der Waals surface area (Å²) in [5.74, 6) is 0.370. The van der Waals surface area contributed by atoms with Crippen LogP contribution in [0.1, 0.15) is 62.5 Å². The maximum atomic E-state index is 4.56. The van der Waals surface area contributed by atoms with Gasteiger partial charge in [-0.2, -0.15) is 0 Å². The van der Waals surface area contributed by atoms with Gasteiger partial charge in [-0.3, -0.25) is 9.98 Å². The second kappa shape index (κ2) is 18.8. The molecule has 1 unspecified atom stereocenters. The third kappa shape index (κ3) is 9.58. The van der Waals surface area contributed by atoms with E-state index in [1.54, 1.807) is 0 Å². The highest BCUT2D eigenvalue weighted by atomic mass is 14.7. The van der Waals surface area contributed by atoms with Crippen molar-refractivity contribution in [3.8, 4) is 0 Å². The van der Waals surface area contributed by atoms with Gasteiger partial charge in [-0.25, -0.2) is 0 Å². The number of rotatable bonds is 16. The first kappa shape index (κ1) is 33.1. The van der Waals surface area contributed by atoms with E-state index in [0.29, 0.717) is 5.92 Å². The van der Waals surface area contributed by atoms with Crippen LogP contribution < -0.4 is 0 Å². The van der Waals surface area contributed by atoms with Crippen molar-refractivity contribution in [2.45, 2.75) is 51.4 Å². The van der Waals surface area contributed by atoms with Crippen molar-refractivity contribution in [2.24, 2.45) is 9.98 Å². The molecule has 0 aromatic heterocycles. The predicted octanol–water partition coefficient (Wildman–Crippen LogP) is 12.0. The number of hydrogen-bond donors (Lipinski definition) is 0. The second-order valence-electron chi connectivity index (χ2n) is 10.9. The molecule has 0 heterocycles. The van der Waals surface area contributed by atoms with Crippen LogP contribution in [0.25, 0.3) is 27.1 Å². The molecule has 0 saturated heterocycles. The van der Waals surface area contributed by atoms with Gasteiger partial charge in [0.2, 0.25) is 0 Å². The molecule has 3 aromatic rings. The molecular weight excluding hydrogens is 544 g/mol. The molecule has 1 aliphatic carbocycles. The van der Waals surface area contributed by atoms with Crippen LogP contribution >= 0.6 is 0 Å². The Morgan fingerprint density at radius 3 is 2.31 bits per heavy atom. The average molecular weight is 591 g/mol. The Morgan fingerprint density at radius 2 is 1.64 bits per heavy atom. The van der Waals surface area contributed by atoms with E-state index in [-0.39, 0.29) is 0 Å². The van der Waals surface area contributed by atoms with Crippen molar-refractivity contribution in [3.63, 3.8) is 0 Å². The van der Waals surface area contributed by atoms with Crippen molar-refractivity contribution < 1.29 is 0 Å². The molecular formula is C43H46N2. The van der Waals surface area contributed by atoms with Gasteiger partial charge in [-0.05, 0) is 88.4 Å². The van der Waals surface area contributed by atoms with Crippen LogP contribution in [0.5, 0.6) is 0 Å². The van der Waals surface area contributed by atoms with Crippen LogP contribution in [-0.2, 0) is 0 Å². The van der Waals surface area contributed by atoms with Crippen LogP contribution in [0.3, 0.4) is 0 Å². The minimum atomic E-state index is 0.370. The molecule has 1 aliphatic rings.